The highest BCUT2D eigenvalue weighted by atomic mass is 19.1. The lowest BCUT2D eigenvalue weighted by molar-refractivity contribution is 0.0945. The Kier molecular flexibility index (Phi) is 3.65. The maximum atomic E-state index is 13.1. The first-order chi connectivity index (χ1) is 7.28. The number of hydrogen-bond acceptors (Lipinski definition) is 2. The molecule has 0 radical (unpaired) electrons. The zero-order chi connectivity index (χ0) is 12.3. The first kappa shape index (κ1) is 12.6. The largest absolute Gasteiger partial charge is 0.350 e. The molecule has 0 heterocycles. The number of carbonyl (C=O) groups excluding carboxylic acids is 1. The van der Waals surface area contributed by atoms with Crippen LogP contribution in [-0.4, -0.2) is 18.0 Å². The smallest absolute Gasteiger partial charge is 0.251 e. The van der Waals surface area contributed by atoms with Crippen molar-refractivity contribution in [1.29, 1.82) is 0 Å². The molecule has 4 heteroatoms. The predicted octanol–water partition coefficient (Wildman–Crippen LogP) is 1.60. The van der Waals surface area contributed by atoms with Crippen LogP contribution in [0, 0.1) is 12.7 Å². The van der Waals surface area contributed by atoms with Crippen molar-refractivity contribution in [3.8, 4) is 0 Å². The summed E-state index contributed by atoms with van der Waals surface area (Å²) in [5.74, 6) is -0.710. The number of halogens is 1. The molecule has 16 heavy (non-hydrogen) atoms. The molecule has 0 saturated heterocycles. The van der Waals surface area contributed by atoms with Crippen LogP contribution in [0.5, 0.6) is 0 Å². The van der Waals surface area contributed by atoms with Crippen molar-refractivity contribution in [1.82, 2.24) is 5.32 Å². The molecule has 3 nitrogen and oxygen atoms in total. The second-order valence-corrected chi connectivity index (χ2v) is 4.69. The Morgan fingerprint density at radius 3 is 2.56 bits per heavy atom. The van der Waals surface area contributed by atoms with Crippen LogP contribution < -0.4 is 11.1 Å². The SMILES string of the molecule is Cc1cc(F)cc(C(=O)NCC(C)(C)N)c1. The van der Waals surface area contributed by atoms with Crippen LogP contribution >= 0.6 is 0 Å². The van der Waals surface area contributed by atoms with Gasteiger partial charge < -0.3 is 11.1 Å². The highest BCUT2D eigenvalue weighted by Crippen LogP contribution is 2.08. The van der Waals surface area contributed by atoms with E-state index < -0.39 is 11.4 Å². The molecule has 88 valence electrons. The van der Waals surface area contributed by atoms with Gasteiger partial charge in [0, 0.05) is 17.6 Å². The standard InChI is InChI=1S/C12H17FN2O/c1-8-4-9(6-10(13)5-8)11(16)15-7-12(2,3)14/h4-6H,7,14H2,1-3H3,(H,15,16). The third-order valence-corrected chi connectivity index (χ3v) is 2.01. The van der Waals surface area contributed by atoms with Crippen molar-refractivity contribution in [2.75, 3.05) is 6.54 Å². The normalized spacial score (nSPS) is 11.3. The van der Waals surface area contributed by atoms with Gasteiger partial charge in [-0.25, -0.2) is 4.39 Å². The molecule has 0 aliphatic carbocycles. The van der Waals surface area contributed by atoms with E-state index in [9.17, 15) is 9.18 Å². The van der Waals surface area contributed by atoms with Gasteiger partial charge in [0.2, 0.25) is 0 Å². The highest BCUT2D eigenvalue weighted by Gasteiger charge is 2.13. The molecule has 0 aliphatic heterocycles. The number of rotatable bonds is 3. The van der Waals surface area contributed by atoms with Crippen molar-refractivity contribution < 1.29 is 9.18 Å². The quantitative estimate of drug-likeness (QED) is 0.819. The van der Waals surface area contributed by atoms with Crippen LogP contribution in [-0.2, 0) is 0 Å². The summed E-state index contributed by atoms with van der Waals surface area (Å²) in [6.07, 6.45) is 0. The number of nitrogens with two attached hydrogens (primary N) is 1. The molecule has 0 bridgehead atoms. The fraction of sp³-hybridized carbons (Fsp3) is 0.417. The molecule has 3 N–H and O–H groups in total. The Hall–Kier alpha value is -1.42. The summed E-state index contributed by atoms with van der Waals surface area (Å²) in [6, 6.07) is 4.23. The van der Waals surface area contributed by atoms with Gasteiger partial charge >= 0.3 is 0 Å². The number of aryl methyl sites for hydroxylation is 1. The van der Waals surface area contributed by atoms with Crippen LogP contribution in [0.2, 0.25) is 0 Å². The summed E-state index contributed by atoms with van der Waals surface area (Å²) in [6.45, 7) is 5.71. The molecule has 0 saturated carbocycles. The van der Waals surface area contributed by atoms with E-state index in [0.29, 0.717) is 12.1 Å². The molecule has 1 rings (SSSR count). The zero-order valence-corrected chi connectivity index (χ0v) is 9.80. The minimum Gasteiger partial charge on any atom is -0.350 e. The van der Waals surface area contributed by atoms with Crippen molar-refractivity contribution in [3.05, 3.63) is 35.1 Å². The van der Waals surface area contributed by atoms with Gasteiger partial charge in [0.1, 0.15) is 5.82 Å². The molecular formula is C12H17FN2O. The maximum absolute atomic E-state index is 13.1. The van der Waals surface area contributed by atoms with E-state index in [1.165, 1.54) is 12.1 Å². The molecular weight excluding hydrogens is 207 g/mol. The van der Waals surface area contributed by atoms with Gasteiger partial charge in [-0.15, -0.1) is 0 Å². The number of hydrogen-bond donors (Lipinski definition) is 2. The Labute approximate surface area is 94.8 Å². The minimum atomic E-state index is -0.474. The molecule has 0 spiro atoms. The average Bonchev–Trinajstić information content (AvgIpc) is 2.11. The maximum Gasteiger partial charge on any atom is 0.251 e. The van der Waals surface area contributed by atoms with Gasteiger partial charge in [-0.05, 0) is 44.5 Å². The summed E-state index contributed by atoms with van der Waals surface area (Å²) in [5, 5.41) is 2.66. The fourth-order valence-electron chi connectivity index (χ4n) is 1.28. The first-order valence-corrected chi connectivity index (χ1v) is 5.12. The van der Waals surface area contributed by atoms with Gasteiger partial charge in [-0.1, -0.05) is 0 Å². The lowest BCUT2D eigenvalue weighted by Crippen LogP contribution is -2.45. The Balaban J connectivity index is 2.73. The summed E-state index contributed by atoms with van der Waals surface area (Å²) in [4.78, 5) is 11.7. The van der Waals surface area contributed by atoms with Gasteiger partial charge in [-0.3, -0.25) is 4.79 Å². The highest BCUT2D eigenvalue weighted by molar-refractivity contribution is 5.94. The molecule has 1 aromatic rings. The zero-order valence-electron chi connectivity index (χ0n) is 9.80. The third kappa shape index (κ3) is 3.98. The summed E-state index contributed by atoms with van der Waals surface area (Å²) in [7, 11) is 0. The van der Waals surface area contributed by atoms with Crippen LogP contribution in [0.3, 0.4) is 0 Å². The van der Waals surface area contributed by atoms with Gasteiger partial charge in [0.25, 0.3) is 5.91 Å². The average molecular weight is 224 g/mol. The third-order valence-electron chi connectivity index (χ3n) is 2.01. The lowest BCUT2D eigenvalue weighted by Gasteiger charge is -2.18. The second-order valence-electron chi connectivity index (χ2n) is 4.69. The molecule has 0 fully saturated rings. The van der Waals surface area contributed by atoms with E-state index >= 15 is 0 Å². The van der Waals surface area contributed by atoms with Gasteiger partial charge in [-0.2, -0.15) is 0 Å². The van der Waals surface area contributed by atoms with E-state index in [4.69, 9.17) is 5.73 Å². The van der Waals surface area contributed by atoms with Crippen molar-refractivity contribution in [2.45, 2.75) is 26.3 Å². The number of amides is 1. The van der Waals surface area contributed by atoms with Gasteiger partial charge in [0.05, 0.1) is 0 Å². The Morgan fingerprint density at radius 2 is 2.06 bits per heavy atom. The number of benzene rings is 1. The predicted molar refractivity (Wildman–Crippen MR) is 61.7 cm³/mol. The number of carbonyl (C=O) groups is 1. The monoisotopic (exact) mass is 224 g/mol. The summed E-state index contributed by atoms with van der Waals surface area (Å²) < 4.78 is 13.1. The fourth-order valence-corrected chi connectivity index (χ4v) is 1.28. The second kappa shape index (κ2) is 4.61. The molecule has 1 amide bonds. The number of nitrogens with one attached hydrogen (secondary N) is 1. The lowest BCUT2D eigenvalue weighted by atomic mass is 10.1. The van der Waals surface area contributed by atoms with Crippen molar-refractivity contribution >= 4 is 5.91 Å². The molecule has 0 aromatic heterocycles. The topological polar surface area (TPSA) is 55.1 Å². The van der Waals surface area contributed by atoms with Crippen molar-refractivity contribution in [2.24, 2.45) is 5.73 Å². The van der Waals surface area contributed by atoms with E-state index in [1.807, 2.05) is 13.8 Å². The molecule has 0 aliphatic rings. The van der Waals surface area contributed by atoms with Crippen LogP contribution in [0.25, 0.3) is 0 Å². The minimum absolute atomic E-state index is 0.305. The van der Waals surface area contributed by atoms with E-state index in [0.717, 1.165) is 5.56 Å². The van der Waals surface area contributed by atoms with E-state index in [1.54, 1.807) is 13.0 Å². The first-order valence-electron chi connectivity index (χ1n) is 5.12. The molecule has 0 atom stereocenters. The summed E-state index contributed by atoms with van der Waals surface area (Å²) in [5.41, 5.74) is 6.30. The van der Waals surface area contributed by atoms with E-state index in [2.05, 4.69) is 5.32 Å². The van der Waals surface area contributed by atoms with E-state index in [-0.39, 0.29) is 5.91 Å². The van der Waals surface area contributed by atoms with Crippen LogP contribution in [0.1, 0.15) is 29.8 Å². The van der Waals surface area contributed by atoms with Crippen LogP contribution in [0.4, 0.5) is 4.39 Å². The Bertz CT molecular complexity index is 376. The molecule has 1 aromatic carbocycles. The summed E-state index contributed by atoms with van der Waals surface area (Å²) >= 11 is 0. The Morgan fingerprint density at radius 1 is 1.44 bits per heavy atom. The van der Waals surface area contributed by atoms with Crippen LogP contribution in [0.15, 0.2) is 18.2 Å². The molecule has 0 unspecified atom stereocenters. The van der Waals surface area contributed by atoms with Crippen molar-refractivity contribution in [3.63, 3.8) is 0 Å². The van der Waals surface area contributed by atoms with Gasteiger partial charge in [0.15, 0.2) is 0 Å².